The van der Waals surface area contributed by atoms with Crippen LogP contribution in [-0.2, 0) is 9.53 Å². The van der Waals surface area contributed by atoms with Gasteiger partial charge in [-0.15, -0.1) is 0 Å². The smallest absolute Gasteiger partial charge is 0.338 e. The van der Waals surface area contributed by atoms with Crippen molar-refractivity contribution in [3.05, 3.63) is 54.1 Å². The van der Waals surface area contributed by atoms with Crippen LogP contribution in [0, 0.1) is 0 Å². The van der Waals surface area contributed by atoms with Gasteiger partial charge in [-0.3, -0.25) is 4.79 Å². The molecule has 7 heteroatoms. The number of hydrogen-bond acceptors (Lipinski definition) is 6. The lowest BCUT2D eigenvalue weighted by atomic mass is 10.2. The minimum atomic E-state index is -0.571. The summed E-state index contributed by atoms with van der Waals surface area (Å²) >= 11 is 0. The van der Waals surface area contributed by atoms with Gasteiger partial charge in [-0.2, -0.15) is 0 Å². The third-order valence-corrected chi connectivity index (χ3v) is 3.49. The molecule has 1 N–H and O–H groups in total. The predicted molar refractivity (Wildman–Crippen MR) is 99.4 cm³/mol. The molecular weight excluding hydrogens is 350 g/mol. The first-order valence-corrected chi connectivity index (χ1v) is 8.56. The molecule has 0 atom stereocenters. The molecule has 7 nitrogen and oxygen atoms in total. The highest BCUT2D eigenvalue weighted by Crippen LogP contribution is 2.25. The van der Waals surface area contributed by atoms with Gasteiger partial charge in [-0.05, 0) is 43.3 Å². The van der Waals surface area contributed by atoms with Gasteiger partial charge in [-0.25, -0.2) is 4.79 Å². The maximum atomic E-state index is 11.9. The van der Waals surface area contributed by atoms with Crippen molar-refractivity contribution in [3.8, 4) is 17.2 Å². The minimum absolute atomic E-state index is 0.263. The SMILES string of the molecule is CCOc1ccc(C(=O)OCC(=O)NCCOc2ccccc2OC)cc1. The van der Waals surface area contributed by atoms with E-state index in [1.54, 1.807) is 43.5 Å². The van der Waals surface area contributed by atoms with E-state index in [4.69, 9.17) is 18.9 Å². The van der Waals surface area contributed by atoms with E-state index < -0.39 is 11.9 Å². The number of hydrogen-bond donors (Lipinski definition) is 1. The Hall–Kier alpha value is -3.22. The second kappa shape index (κ2) is 10.7. The third kappa shape index (κ3) is 6.54. The van der Waals surface area contributed by atoms with E-state index in [-0.39, 0.29) is 19.8 Å². The summed E-state index contributed by atoms with van der Waals surface area (Å²) in [5, 5.41) is 2.62. The van der Waals surface area contributed by atoms with Gasteiger partial charge in [0.15, 0.2) is 18.1 Å². The van der Waals surface area contributed by atoms with Crippen LogP contribution in [0.25, 0.3) is 0 Å². The van der Waals surface area contributed by atoms with E-state index in [1.807, 2.05) is 19.1 Å². The van der Waals surface area contributed by atoms with E-state index in [2.05, 4.69) is 5.32 Å². The zero-order valence-corrected chi connectivity index (χ0v) is 15.4. The fourth-order valence-electron chi connectivity index (χ4n) is 2.21. The summed E-state index contributed by atoms with van der Waals surface area (Å²) in [5.74, 6) is 0.905. The number of nitrogens with one attached hydrogen (secondary N) is 1. The summed E-state index contributed by atoms with van der Waals surface area (Å²) in [6.07, 6.45) is 0. The first-order valence-electron chi connectivity index (χ1n) is 8.56. The van der Waals surface area contributed by atoms with Crippen molar-refractivity contribution in [2.24, 2.45) is 0 Å². The Kier molecular flexibility index (Phi) is 7.96. The molecule has 0 aliphatic rings. The largest absolute Gasteiger partial charge is 0.494 e. The van der Waals surface area contributed by atoms with Gasteiger partial charge in [0.1, 0.15) is 12.4 Å². The number of carbonyl (C=O) groups excluding carboxylic acids is 2. The Balaban J connectivity index is 1.67. The molecule has 0 fully saturated rings. The Morgan fingerprint density at radius 1 is 0.963 bits per heavy atom. The van der Waals surface area contributed by atoms with E-state index >= 15 is 0 Å². The molecule has 0 aromatic heterocycles. The summed E-state index contributed by atoms with van der Waals surface area (Å²) in [4.78, 5) is 23.7. The number of ether oxygens (including phenoxy) is 4. The topological polar surface area (TPSA) is 83.1 Å². The molecule has 144 valence electrons. The molecule has 1 amide bonds. The predicted octanol–water partition coefficient (Wildman–Crippen LogP) is 2.45. The lowest BCUT2D eigenvalue weighted by Gasteiger charge is -2.11. The number of para-hydroxylation sites is 2. The van der Waals surface area contributed by atoms with Crippen LogP contribution in [0.2, 0.25) is 0 Å². The zero-order chi connectivity index (χ0) is 19.5. The molecule has 0 radical (unpaired) electrons. The van der Waals surface area contributed by atoms with Crippen molar-refractivity contribution in [1.29, 1.82) is 0 Å². The highest BCUT2D eigenvalue weighted by atomic mass is 16.5. The second-order valence-electron chi connectivity index (χ2n) is 5.38. The van der Waals surface area contributed by atoms with Crippen molar-refractivity contribution < 1.29 is 28.5 Å². The monoisotopic (exact) mass is 373 g/mol. The van der Waals surface area contributed by atoms with Crippen molar-refractivity contribution in [1.82, 2.24) is 5.32 Å². The third-order valence-electron chi connectivity index (χ3n) is 3.49. The molecular formula is C20H23NO6. The van der Waals surface area contributed by atoms with Gasteiger partial charge in [0.05, 0.1) is 25.8 Å². The van der Waals surface area contributed by atoms with Crippen molar-refractivity contribution in [3.63, 3.8) is 0 Å². The molecule has 2 rings (SSSR count). The van der Waals surface area contributed by atoms with E-state index in [1.165, 1.54) is 0 Å². The lowest BCUT2D eigenvalue weighted by Crippen LogP contribution is -2.32. The second-order valence-corrected chi connectivity index (χ2v) is 5.38. The summed E-state index contributed by atoms with van der Waals surface area (Å²) in [7, 11) is 1.56. The normalized spacial score (nSPS) is 10.0. The maximum absolute atomic E-state index is 11.9. The van der Waals surface area contributed by atoms with E-state index in [9.17, 15) is 9.59 Å². The Labute approximate surface area is 158 Å². The maximum Gasteiger partial charge on any atom is 0.338 e. The molecule has 0 saturated carbocycles. The standard InChI is InChI=1S/C20H23NO6/c1-3-25-16-10-8-15(9-11-16)20(23)27-14-19(22)21-12-13-26-18-7-5-4-6-17(18)24-2/h4-11H,3,12-14H2,1-2H3,(H,21,22). The molecule has 0 aliphatic carbocycles. The quantitative estimate of drug-likeness (QED) is 0.509. The number of methoxy groups -OCH3 is 1. The van der Waals surface area contributed by atoms with Crippen molar-refractivity contribution in [2.45, 2.75) is 6.92 Å². The van der Waals surface area contributed by atoms with Gasteiger partial charge in [0.25, 0.3) is 5.91 Å². The number of esters is 1. The Morgan fingerprint density at radius 2 is 1.67 bits per heavy atom. The lowest BCUT2D eigenvalue weighted by molar-refractivity contribution is -0.124. The Bertz CT molecular complexity index is 744. The fraction of sp³-hybridized carbons (Fsp3) is 0.300. The van der Waals surface area contributed by atoms with Crippen LogP contribution in [-0.4, -0.2) is 45.4 Å². The van der Waals surface area contributed by atoms with Crippen LogP contribution in [0.5, 0.6) is 17.2 Å². The highest BCUT2D eigenvalue weighted by molar-refractivity contribution is 5.91. The highest BCUT2D eigenvalue weighted by Gasteiger charge is 2.10. The van der Waals surface area contributed by atoms with Crippen LogP contribution in [0.3, 0.4) is 0 Å². The molecule has 27 heavy (non-hydrogen) atoms. The summed E-state index contributed by atoms with van der Waals surface area (Å²) < 4.78 is 21.0. The Morgan fingerprint density at radius 3 is 2.33 bits per heavy atom. The molecule has 0 bridgehead atoms. The van der Waals surface area contributed by atoms with Crippen LogP contribution < -0.4 is 19.5 Å². The van der Waals surface area contributed by atoms with E-state index in [0.717, 1.165) is 0 Å². The fourth-order valence-corrected chi connectivity index (χ4v) is 2.21. The van der Waals surface area contributed by atoms with E-state index in [0.29, 0.717) is 29.4 Å². The number of rotatable bonds is 10. The minimum Gasteiger partial charge on any atom is -0.494 e. The van der Waals surface area contributed by atoms with Crippen LogP contribution in [0.1, 0.15) is 17.3 Å². The molecule has 0 heterocycles. The van der Waals surface area contributed by atoms with Crippen LogP contribution in [0.15, 0.2) is 48.5 Å². The van der Waals surface area contributed by atoms with Gasteiger partial charge < -0.3 is 24.3 Å². The molecule has 2 aromatic rings. The number of benzene rings is 2. The summed E-state index contributed by atoms with van der Waals surface area (Å²) in [6.45, 7) is 2.60. The van der Waals surface area contributed by atoms with Crippen LogP contribution >= 0.6 is 0 Å². The molecule has 0 saturated heterocycles. The molecule has 0 unspecified atom stereocenters. The molecule has 0 spiro atoms. The van der Waals surface area contributed by atoms with Gasteiger partial charge in [0.2, 0.25) is 0 Å². The molecule has 0 aliphatic heterocycles. The first-order chi connectivity index (χ1) is 13.1. The number of carbonyl (C=O) groups is 2. The number of amides is 1. The van der Waals surface area contributed by atoms with Gasteiger partial charge in [0, 0.05) is 0 Å². The average Bonchev–Trinajstić information content (AvgIpc) is 2.70. The van der Waals surface area contributed by atoms with Crippen molar-refractivity contribution in [2.75, 3.05) is 33.5 Å². The van der Waals surface area contributed by atoms with Crippen molar-refractivity contribution >= 4 is 11.9 Å². The van der Waals surface area contributed by atoms with Gasteiger partial charge >= 0.3 is 5.97 Å². The summed E-state index contributed by atoms with van der Waals surface area (Å²) in [6, 6.07) is 13.8. The van der Waals surface area contributed by atoms with Gasteiger partial charge in [-0.1, -0.05) is 12.1 Å². The zero-order valence-electron chi connectivity index (χ0n) is 15.4. The first kappa shape index (κ1) is 20.1. The summed E-state index contributed by atoms with van der Waals surface area (Å²) in [5.41, 5.74) is 0.353. The van der Waals surface area contributed by atoms with Crippen LogP contribution in [0.4, 0.5) is 0 Å². The molecule has 2 aromatic carbocycles. The average molecular weight is 373 g/mol.